The summed E-state index contributed by atoms with van der Waals surface area (Å²) in [5, 5.41) is 15.8. The molecule has 9 heteroatoms. The van der Waals surface area contributed by atoms with E-state index in [-0.39, 0.29) is 24.4 Å². The standard InChI is InChI=1S/C20H28N6O2S/c1-3-24(2)17(27)12-26-18(14-4-5-14)22-23-20(26)25-9-6-16(7-10-25)21-19(28)15-8-11-29-13-15/h8,11,13-14,16H,3-7,9-10,12H2,1-2H3,(H,21,28). The van der Waals surface area contributed by atoms with E-state index in [0.717, 1.165) is 56.1 Å². The number of likely N-dealkylation sites (N-methyl/N-ethyl adjacent to an activating group) is 1. The Morgan fingerprint density at radius 1 is 1.24 bits per heavy atom. The van der Waals surface area contributed by atoms with Gasteiger partial charge in [-0.2, -0.15) is 11.3 Å². The van der Waals surface area contributed by atoms with E-state index in [1.165, 1.54) is 11.3 Å². The number of thiophene rings is 1. The van der Waals surface area contributed by atoms with Crippen LogP contribution in [-0.4, -0.2) is 64.2 Å². The zero-order valence-electron chi connectivity index (χ0n) is 17.0. The molecule has 2 fully saturated rings. The van der Waals surface area contributed by atoms with Gasteiger partial charge in [0.05, 0.1) is 0 Å². The van der Waals surface area contributed by atoms with Crippen LogP contribution in [0.1, 0.15) is 54.7 Å². The number of rotatable bonds is 7. The lowest BCUT2D eigenvalue weighted by Crippen LogP contribution is -2.45. The van der Waals surface area contributed by atoms with E-state index < -0.39 is 0 Å². The number of carbonyl (C=O) groups is 2. The number of hydrogen-bond donors (Lipinski definition) is 1. The van der Waals surface area contributed by atoms with E-state index in [4.69, 9.17) is 0 Å². The van der Waals surface area contributed by atoms with Crippen molar-refractivity contribution < 1.29 is 9.59 Å². The number of piperidine rings is 1. The van der Waals surface area contributed by atoms with Crippen molar-refractivity contribution in [2.75, 3.05) is 31.6 Å². The molecular weight excluding hydrogens is 388 g/mol. The van der Waals surface area contributed by atoms with Crippen LogP contribution in [0.15, 0.2) is 16.8 Å². The average molecular weight is 417 g/mol. The molecule has 0 aromatic carbocycles. The Kier molecular flexibility index (Phi) is 5.84. The van der Waals surface area contributed by atoms with Crippen molar-refractivity contribution in [2.45, 2.75) is 51.1 Å². The number of hydrogen-bond acceptors (Lipinski definition) is 6. The third kappa shape index (κ3) is 4.44. The topological polar surface area (TPSA) is 83.4 Å². The Hall–Kier alpha value is -2.42. The first-order valence-corrected chi connectivity index (χ1v) is 11.3. The summed E-state index contributed by atoms with van der Waals surface area (Å²) >= 11 is 1.53. The zero-order valence-corrected chi connectivity index (χ0v) is 17.8. The largest absolute Gasteiger partial charge is 0.349 e. The Bertz CT molecular complexity index is 852. The van der Waals surface area contributed by atoms with Crippen molar-refractivity contribution in [1.29, 1.82) is 0 Å². The molecule has 4 rings (SSSR count). The Balaban J connectivity index is 1.41. The minimum atomic E-state index is -0.00270. The zero-order chi connectivity index (χ0) is 20.4. The molecular formula is C20H28N6O2S. The van der Waals surface area contributed by atoms with Gasteiger partial charge in [0.2, 0.25) is 11.9 Å². The van der Waals surface area contributed by atoms with Gasteiger partial charge >= 0.3 is 0 Å². The molecule has 3 heterocycles. The summed E-state index contributed by atoms with van der Waals surface area (Å²) < 4.78 is 2.01. The highest BCUT2D eigenvalue weighted by Crippen LogP contribution is 2.40. The fourth-order valence-electron chi connectivity index (χ4n) is 3.65. The maximum absolute atomic E-state index is 12.5. The third-order valence-electron chi connectivity index (χ3n) is 5.79. The molecule has 8 nitrogen and oxygen atoms in total. The number of amides is 2. The molecule has 2 aliphatic rings. The maximum atomic E-state index is 12.5. The second-order valence-corrected chi connectivity index (χ2v) is 8.65. The molecule has 1 aliphatic carbocycles. The van der Waals surface area contributed by atoms with Gasteiger partial charge in [0.15, 0.2) is 0 Å². The molecule has 1 N–H and O–H groups in total. The maximum Gasteiger partial charge on any atom is 0.252 e. The molecule has 1 aliphatic heterocycles. The predicted octanol–water partition coefficient (Wildman–Crippen LogP) is 2.09. The highest BCUT2D eigenvalue weighted by Gasteiger charge is 2.33. The lowest BCUT2D eigenvalue weighted by molar-refractivity contribution is -0.130. The SMILES string of the molecule is CCN(C)C(=O)Cn1c(C2CC2)nnc1N1CCC(NC(=O)c2ccsc2)CC1. The molecule has 0 spiro atoms. The monoisotopic (exact) mass is 416 g/mol. The van der Waals surface area contributed by atoms with Gasteiger partial charge in [0, 0.05) is 49.6 Å². The van der Waals surface area contributed by atoms with Crippen LogP contribution in [0.5, 0.6) is 0 Å². The van der Waals surface area contributed by atoms with E-state index >= 15 is 0 Å². The Morgan fingerprint density at radius 3 is 2.62 bits per heavy atom. The molecule has 2 aromatic rings. The fourth-order valence-corrected chi connectivity index (χ4v) is 4.29. The smallest absolute Gasteiger partial charge is 0.252 e. The number of carbonyl (C=O) groups excluding carboxylic acids is 2. The summed E-state index contributed by atoms with van der Waals surface area (Å²) in [6, 6.07) is 2.01. The van der Waals surface area contributed by atoms with Gasteiger partial charge in [-0.25, -0.2) is 0 Å². The van der Waals surface area contributed by atoms with E-state index in [1.807, 2.05) is 35.4 Å². The first-order chi connectivity index (χ1) is 14.1. The Morgan fingerprint density at radius 2 is 2.00 bits per heavy atom. The first-order valence-electron chi connectivity index (χ1n) is 10.3. The lowest BCUT2D eigenvalue weighted by atomic mass is 10.0. The van der Waals surface area contributed by atoms with Crippen molar-refractivity contribution in [3.05, 3.63) is 28.2 Å². The molecule has 29 heavy (non-hydrogen) atoms. The Labute approximate surface area is 174 Å². The van der Waals surface area contributed by atoms with E-state index in [1.54, 1.807) is 4.90 Å². The summed E-state index contributed by atoms with van der Waals surface area (Å²) in [5.41, 5.74) is 0.727. The van der Waals surface area contributed by atoms with Crippen molar-refractivity contribution in [3.63, 3.8) is 0 Å². The molecule has 0 atom stereocenters. The summed E-state index contributed by atoms with van der Waals surface area (Å²) in [4.78, 5) is 28.8. The molecule has 0 bridgehead atoms. The normalized spacial score (nSPS) is 17.4. The second-order valence-electron chi connectivity index (χ2n) is 7.87. The van der Waals surface area contributed by atoms with Gasteiger partial charge < -0.3 is 15.1 Å². The molecule has 2 aromatic heterocycles. The quantitative estimate of drug-likeness (QED) is 0.747. The highest BCUT2D eigenvalue weighted by molar-refractivity contribution is 7.08. The van der Waals surface area contributed by atoms with Crippen molar-refractivity contribution in [1.82, 2.24) is 25.0 Å². The molecule has 2 amide bonds. The number of anilines is 1. The van der Waals surface area contributed by atoms with Gasteiger partial charge in [0.1, 0.15) is 12.4 Å². The summed E-state index contributed by atoms with van der Waals surface area (Å²) in [7, 11) is 1.82. The molecule has 1 saturated heterocycles. The van der Waals surface area contributed by atoms with Gasteiger partial charge in [0.25, 0.3) is 5.91 Å². The van der Waals surface area contributed by atoms with Crippen LogP contribution in [0.25, 0.3) is 0 Å². The van der Waals surface area contributed by atoms with Gasteiger partial charge in [-0.3, -0.25) is 14.2 Å². The van der Waals surface area contributed by atoms with Crippen LogP contribution in [0, 0.1) is 0 Å². The van der Waals surface area contributed by atoms with Crippen LogP contribution in [0.2, 0.25) is 0 Å². The predicted molar refractivity (Wildman–Crippen MR) is 112 cm³/mol. The minimum absolute atomic E-state index is 0.00270. The number of nitrogens with zero attached hydrogens (tertiary/aromatic N) is 5. The highest BCUT2D eigenvalue weighted by atomic mass is 32.1. The summed E-state index contributed by atoms with van der Waals surface area (Å²) in [6.07, 6.45) is 3.94. The van der Waals surface area contributed by atoms with Crippen LogP contribution in [0.3, 0.4) is 0 Å². The minimum Gasteiger partial charge on any atom is -0.349 e. The van der Waals surface area contributed by atoms with Crippen LogP contribution in [0.4, 0.5) is 5.95 Å². The van der Waals surface area contributed by atoms with Gasteiger partial charge in [-0.05, 0) is 44.1 Å². The number of nitrogens with one attached hydrogen (secondary N) is 1. The third-order valence-corrected chi connectivity index (χ3v) is 6.48. The molecule has 0 unspecified atom stereocenters. The van der Waals surface area contributed by atoms with Crippen LogP contribution in [-0.2, 0) is 11.3 Å². The van der Waals surface area contributed by atoms with Crippen molar-refractivity contribution in [3.8, 4) is 0 Å². The van der Waals surface area contributed by atoms with Crippen molar-refractivity contribution >= 4 is 29.1 Å². The van der Waals surface area contributed by atoms with E-state index in [9.17, 15) is 9.59 Å². The lowest BCUT2D eigenvalue weighted by Gasteiger charge is -2.33. The van der Waals surface area contributed by atoms with E-state index in [0.29, 0.717) is 12.5 Å². The molecule has 1 saturated carbocycles. The number of aromatic nitrogens is 3. The fraction of sp³-hybridized carbons (Fsp3) is 0.600. The van der Waals surface area contributed by atoms with Crippen molar-refractivity contribution in [2.24, 2.45) is 0 Å². The van der Waals surface area contributed by atoms with Gasteiger partial charge in [-0.15, -0.1) is 10.2 Å². The summed E-state index contributed by atoms with van der Waals surface area (Å²) in [6.45, 7) is 4.52. The molecule has 156 valence electrons. The summed E-state index contributed by atoms with van der Waals surface area (Å²) in [5.74, 6) is 2.22. The first kappa shape index (κ1) is 19.9. The van der Waals surface area contributed by atoms with Crippen LogP contribution < -0.4 is 10.2 Å². The molecule has 0 radical (unpaired) electrons. The van der Waals surface area contributed by atoms with Crippen LogP contribution >= 0.6 is 11.3 Å². The average Bonchev–Trinajstić information content (AvgIpc) is 3.26. The van der Waals surface area contributed by atoms with Gasteiger partial charge in [-0.1, -0.05) is 0 Å². The second kappa shape index (κ2) is 8.52. The van der Waals surface area contributed by atoms with E-state index in [2.05, 4.69) is 20.4 Å².